The number of ether oxygens (including phenoxy) is 4. The molecule has 0 aliphatic heterocycles. The number of halogens is 1. The Bertz CT molecular complexity index is 2370. The molecule has 0 aliphatic carbocycles. The van der Waals surface area contributed by atoms with E-state index >= 15 is 0 Å². The van der Waals surface area contributed by atoms with Crippen LogP contribution in [0.3, 0.4) is 0 Å². The lowest BCUT2D eigenvalue weighted by Gasteiger charge is -2.09. The largest absolute Gasteiger partial charge is 0.494 e. The molecule has 0 N–H and O–H groups in total. The monoisotopic (exact) mass is 1040 g/mol. The number of rotatable bonds is 40. The van der Waals surface area contributed by atoms with Gasteiger partial charge in [0.25, 0.3) is 0 Å². The maximum Gasteiger partial charge on any atom is 0.343 e. The quantitative estimate of drug-likeness (QED) is 0.0167. The highest BCUT2D eigenvalue weighted by molar-refractivity contribution is 6.32. The van der Waals surface area contributed by atoms with E-state index in [9.17, 15) is 9.59 Å². The standard InChI is InChI=1S/C64H85ClN4O6/c1-3-5-7-9-11-13-15-17-19-21-23-25-27-29-49-72-58-43-39-56(40-44-58)68-66-54-35-31-52(32-36-54)63(70)74-60-47-48-61(65)62(51-60)75-64(71)53-33-37-55(38-34-53)67-69-57-41-45-59(46-42-57)73-50-30-28-26-24-22-20-18-16-14-12-10-8-6-4-2/h31-48,51H,3-30,49-50H2,1-2H3. The molecule has 0 bridgehead atoms. The lowest BCUT2D eigenvalue weighted by molar-refractivity contribution is 0.0732. The third-order valence-corrected chi connectivity index (χ3v) is 13.6. The Morgan fingerprint density at radius 1 is 0.347 bits per heavy atom. The first-order valence-corrected chi connectivity index (χ1v) is 29.0. The van der Waals surface area contributed by atoms with Crippen LogP contribution in [0.25, 0.3) is 0 Å². The van der Waals surface area contributed by atoms with Gasteiger partial charge in [0.1, 0.15) is 17.2 Å². The van der Waals surface area contributed by atoms with Crippen LogP contribution in [-0.2, 0) is 0 Å². The normalized spacial score (nSPS) is 11.4. The molecule has 0 spiro atoms. The average molecular weight is 1040 g/mol. The van der Waals surface area contributed by atoms with Gasteiger partial charge < -0.3 is 18.9 Å². The maximum atomic E-state index is 13.1. The van der Waals surface area contributed by atoms with E-state index in [4.69, 9.17) is 30.5 Å². The van der Waals surface area contributed by atoms with Crippen LogP contribution in [0.5, 0.6) is 23.0 Å². The van der Waals surface area contributed by atoms with Crippen molar-refractivity contribution < 1.29 is 28.5 Å². The van der Waals surface area contributed by atoms with E-state index < -0.39 is 11.9 Å². The summed E-state index contributed by atoms with van der Waals surface area (Å²) in [5, 5.41) is 17.5. The van der Waals surface area contributed by atoms with Gasteiger partial charge in [-0.05, 0) is 122 Å². The molecule has 0 atom stereocenters. The minimum Gasteiger partial charge on any atom is -0.494 e. The summed E-state index contributed by atoms with van der Waals surface area (Å²) in [5.74, 6) is 0.585. The molecular formula is C64H85ClN4O6. The summed E-state index contributed by atoms with van der Waals surface area (Å²) >= 11 is 6.38. The fourth-order valence-corrected chi connectivity index (χ4v) is 8.86. The Morgan fingerprint density at radius 3 is 0.960 bits per heavy atom. The summed E-state index contributed by atoms with van der Waals surface area (Å²) in [6.07, 6.45) is 37.3. The van der Waals surface area contributed by atoms with Gasteiger partial charge in [0.05, 0.1) is 52.1 Å². The Balaban J connectivity index is 0.935. The minimum atomic E-state index is -0.641. The van der Waals surface area contributed by atoms with Crippen LogP contribution >= 0.6 is 11.6 Å². The smallest absolute Gasteiger partial charge is 0.343 e. The predicted molar refractivity (Wildman–Crippen MR) is 307 cm³/mol. The fourth-order valence-electron chi connectivity index (χ4n) is 8.70. The molecule has 0 amide bonds. The zero-order valence-electron chi connectivity index (χ0n) is 45.3. The maximum absolute atomic E-state index is 13.1. The summed E-state index contributed by atoms with van der Waals surface area (Å²) in [6, 6.07) is 32.7. The van der Waals surface area contributed by atoms with Crippen molar-refractivity contribution in [2.45, 2.75) is 194 Å². The lowest BCUT2D eigenvalue weighted by Crippen LogP contribution is -2.10. The number of unbranched alkanes of at least 4 members (excludes halogenated alkanes) is 26. The van der Waals surface area contributed by atoms with Crippen LogP contribution in [0, 0.1) is 0 Å². The number of hydrogen-bond donors (Lipinski definition) is 0. The molecule has 75 heavy (non-hydrogen) atoms. The van der Waals surface area contributed by atoms with Gasteiger partial charge in [-0.2, -0.15) is 20.5 Å². The highest BCUT2D eigenvalue weighted by Gasteiger charge is 2.15. The highest BCUT2D eigenvalue weighted by Crippen LogP contribution is 2.31. The molecule has 0 radical (unpaired) electrons. The Labute approximate surface area is 454 Å². The zero-order chi connectivity index (χ0) is 52.8. The molecule has 0 aromatic heterocycles. The molecule has 0 saturated heterocycles. The Hall–Kier alpha value is -5.87. The first-order valence-electron chi connectivity index (χ1n) is 28.6. The molecule has 10 nitrogen and oxygen atoms in total. The molecule has 404 valence electrons. The van der Waals surface area contributed by atoms with Gasteiger partial charge in [0.15, 0.2) is 5.75 Å². The van der Waals surface area contributed by atoms with Gasteiger partial charge in [-0.3, -0.25) is 0 Å². The molecule has 0 fully saturated rings. The van der Waals surface area contributed by atoms with E-state index in [1.807, 2.05) is 48.5 Å². The topological polar surface area (TPSA) is 121 Å². The number of nitrogens with zero attached hydrogens (tertiary/aromatic N) is 4. The van der Waals surface area contributed by atoms with Crippen LogP contribution in [0.2, 0.25) is 5.02 Å². The van der Waals surface area contributed by atoms with Crippen molar-refractivity contribution in [2.75, 3.05) is 13.2 Å². The Kier molecular flexibility index (Phi) is 30.2. The van der Waals surface area contributed by atoms with Crippen LogP contribution < -0.4 is 18.9 Å². The van der Waals surface area contributed by atoms with E-state index in [1.165, 1.54) is 185 Å². The lowest BCUT2D eigenvalue weighted by atomic mass is 10.0. The summed E-state index contributed by atoms with van der Waals surface area (Å²) < 4.78 is 23.1. The highest BCUT2D eigenvalue weighted by atomic mass is 35.5. The van der Waals surface area contributed by atoms with E-state index in [2.05, 4.69) is 34.3 Å². The number of azo groups is 2. The molecule has 5 aromatic carbocycles. The van der Waals surface area contributed by atoms with Crippen molar-refractivity contribution in [2.24, 2.45) is 20.5 Å². The third kappa shape index (κ3) is 26.0. The van der Waals surface area contributed by atoms with Crippen LogP contribution in [0.1, 0.15) is 214 Å². The van der Waals surface area contributed by atoms with Crippen LogP contribution in [0.4, 0.5) is 22.7 Å². The summed E-state index contributed by atoms with van der Waals surface area (Å²) in [7, 11) is 0. The third-order valence-electron chi connectivity index (χ3n) is 13.3. The SMILES string of the molecule is CCCCCCCCCCCCCCCCOc1ccc(N=Nc2ccc(C(=O)Oc3ccc(Cl)c(OC(=O)c4ccc(N=Nc5ccc(OCCCCCCCCCCCCCCCC)cc5)cc4)c3)cc2)cc1. The van der Waals surface area contributed by atoms with E-state index in [0.29, 0.717) is 41.5 Å². The van der Waals surface area contributed by atoms with Crippen molar-refractivity contribution in [3.63, 3.8) is 0 Å². The van der Waals surface area contributed by atoms with Crippen molar-refractivity contribution in [3.05, 3.63) is 131 Å². The van der Waals surface area contributed by atoms with Gasteiger partial charge in [-0.1, -0.05) is 192 Å². The van der Waals surface area contributed by atoms with E-state index in [1.54, 1.807) is 48.5 Å². The second-order valence-electron chi connectivity index (χ2n) is 19.7. The molecule has 5 aromatic rings. The van der Waals surface area contributed by atoms with Crippen molar-refractivity contribution in [3.8, 4) is 23.0 Å². The first-order chi connectivity index (χ1) is 36.9. The van der Waals surface area contributed by atoms with E-state index in [-0.39, 0.29) is 22.1 Å². The van der Waals surface area contributed by atoms with Crippen molar-refractivity contribution in [1.29, 1.82) is 0 Å². The molecule has 11 heteroatoms. The molecule has 0 unspecified atom stereocenters. The van der Waals surface area contributed by atoms with Gasteiger partial charge >= 0.3 is 11.9 Å². The number of esters is 2. The molecule has 0 heterocycles. The number of hydrogen-bond acceptors (Lipinski definition) is 10. The molecule has 5 rings (SSSR count). The fraction of sp³-hybridized carbons (Fsp3) is 0.500. The summed E-state index contributed by atoms with van der Waals surface area (Å²) in [5.41, 5.74) is 3.09. The molecule has 0 aliphatic rings. The second-order valence-corrected chi connectivity index (χ2v) is 20.1. The van der Waals surface area contributed by atoms with E-state index in [0.717, 1.165) is 24.3 Å². The zero-order valence-corrected chi connectivity index (χ0v) is 46.1. The van der Waals surface area contributed by atoms with Gasteiger partial charge in [0.2, 0.25) is 0 Å². The first kappa shape index (κ1) is 60.0. The molecular weight excluding hydrogens is 956 g/mol. The van der Waals surface area contributed by atoms with Crippen LogP contribution in [0.15, 0.2) is 136 Å². The van der Waals surface area contributed by atoms with Gasteiger partial charge in [-0.15, -0.1) is 0 Å². The van der Waals surface area contributed by atoms with Crippen LogP contribution in [-0.4, -0.2) is 25.2 Å². The predicted octanol–water partition coefficient (Wildman–Crippen LogP) is 21.3. The average Bonchev–Trinajstić information content (AvgIpc) is 3.43. The second kappa shape index (κ2) is 37.8. The minimum absolute atomic E-state index is 0.0446. The van der Waals surface area contributed by atoms with Gasteiger partial charge in [0, 0.05) is 6.07 Å². The van der Waals surface area contributed by atoms with Crippen molar-refractivity contribution in [1.82, 2.24) is 0 Å². The number of carbonyl (C=O) groups excluding carboxylic acids is 2. The summed E-state index contributed by atoms with van der Waals surface area (Å²) in [6.45, 7) is 5.96. The van der Waals surface area contributed by atoms with Crippen molar-refractivity contribution >= 4 is 46.3 Å². The summed E-state index contributed by atoms with van der Waals surface area (Å²) in [4.78, 5) is 26.2. The number of carbonyl (C=O) groups is 2. The molecule has 0 saturated carbocycles. The van der Waals surface area contributed by atoms with Gasteiger partial charge in [-0.25, -0.2) is 9.59 Å². The number of benzene rings is 5. The Morgan fingerprint density at radius 2 is 0.627 bits per heavy atom.